The summed E-state index contributed by atoms with van der Waals surface area (Å²) in [6, 6.07) is 0. The summed E-state index contributed by atoms with van der Waals surface area (Å²) in [7, 11) is 0. The van der Waals surface area contributed by atoms with Crippen LogP contribution in [0.2, 0.25) is 0 Å². The molecular weight excluding hydrogens is 316 g/mol. The Balaban J connectivity index is 1.75. The SMILES string of the molecule is CCOC(=O)c1c(NC(=O)CN2CCCC2=O)sc2c1CCC2. The lowest BCUT2D eigenvalue weighted by atomic mass is 10.1. The van der Waals surface area contributed by atoms with Crippen LogP contribution in [0.5, 0.6) is 0 Å². The topological polar surface area (TPSA) is 75.7 Å². The predicted molar refractivity (Wildman–Crippen MR) is 86.7 cm³/mol. The zero-order valence-electron chi connectivity index (χ0n) is 13.1. The molecule has 2 heterocycles. The molecule has 1 fully saturated rings. The van der Waals surface area contributed by atoms with Gasteiger partial charge in [-0.1, -0.05) is 0 Å². The molecular formula is C16H20N2O4S. The fourth-order valence-corrected chi connectivity index (χ4v) is 4.42. The van der Waals surface area contributed by atoms with E-state index < -0.39 is 0 Å². The van der Waals surface area contributed by atoms with E-state index in [1.54, 1.807) is 11.8 Å². The van der Waals surface area contributed by atoms with Crippen LogP contribution in [0.25, 0.3) is 0 Å². The lowest BCUT2D eigenvalue weighted by Gasteiger charge is -2.15. The largest absolute Gasteiger partial charge is 0.462 e. The summed E-state index contributed by atoms with van der Waals surface area (Å²) in [6.45, 7) is 2.74. The average molecular weight is 336 g/mol. The van der Waals surface area contributed by atoms with Gasteiger partial charge in [0.2, 0.25) is 11.8 Å². The van der Waals surface area contributed by atoms with Crippen LogP contribution >= 0.6 is 11.3 Å². The Labute approximate surface area is 138 Å². The van der Waals surface area contributed by atoms with Crippen molar-refractivity contribution in [3.63, 3.8) is 0 Å². The molecule has 1 N–H and O–H groups in total. The molecule has 1 aromatic rings. The number of hydrogen-bond acceptors (Lipinski definition) is 5. The van der Waals surface area contributed by atoms with E-state index in [9.17, 15) is 14.4 Å². The van der Waals surface area contributed by atoms with Crippen molar-refractivity contribution in [2.45, 2.75) is 39.0 Å². The molecule has 2 amide bonds. The Bertz CT molecular complexity index is 653. The summed E-state index contributed by atoms with van der Waals surface area (Å²) >= 11 is 1.45. The highest BCUT2D eigenvalue weighted by molar-refractivity contribution is 7.17. The predicted octanol–water partition coefficient (Wildman–Crippen LogP) is 1.97. The molecule has 0 aromatic carbocycles. The number of likely N-dealkylation sites (tertiary alicyclic amines) is 1. The van der Waals surface area contributed by atoms with Gasteiger partial charge in [0.1, 0.15) is 5.00 Å². The second-order valence-corrected chi connectivity index (χ2v) is 6.85. The maximum Gasteiger partial charge on any atom is 0.341 e. The lowest BCUT2D eigenvalue weighted by Crippen LogP contribution is -2.34. The normalized spacial score (nSPS) is 16.6. The summed E-state index contributed by atoms with van der Waals surface area (Å²) in [6.07, 6.45) is 4.12. The molecule has 6 nitrogen and oxygen atoms in total. The third kappa shape index (κ3) is 3.24. The minimum atomic E-state index is -0.376. The fourth-order valence-electron chi connectivity index (χ4n) is 3.12. The number of nitrogens with one attached hydrogen (secondary N) is 1. The quantitative estimate of drug-likeness (QED) is 0.834. The van der Waals surface area contributed by atoms with Gasteiger partial charge in [-0.25, -0.2) is 4.79 Å². The molecule has 124 valence electrons. The van der Waals surface area contributed by atoms with Gasteiger partial charge < -0.3 is 15.0 Å². The third-order valence-corrected chi connectivity index (χ3v) is 5.37. The van der Waals surface area contributed by atoms with E-state index in [0.29, 0.717) is 30.1 Å². The van der Waals surface area contributed by atoms with Gasteiger partial charge in [-0.15, -0.1) is 11.3 Å². The Morgan fingerprint density at radius 3 is 2.78 bits per heavy atom. The van der Waals surface area contributed by atoms with Gasteiger partial charge >= 0.3 is 5.97 Å². The van der Waals surface area contributed by atoms with Crippen molar-refractivity contribution in [3.05, 3.63) is 16.0 Å². The monoisotopic (exact) mass is 336 g/mol. The molecule has 2 aliphatic rings. The first-order valence-corrected chi connectivity index (χ1v) is 8.81. The Hall–Kier alpha value is -1.89. The molecule has 0 saturated carbocycles. The van der Waals surface area contributed by atoms with E-state index in [2.05, 4.69) is 5.32 Å². The molecule has 0 bridgehead atoms. The van der Waals surface area contributed by atoms with Crippen molar-refractivity contribution >= 4 is 34.1 Å². The number of amides is 2. The zero-order chi connectivity index (χ0) is 16.4. The van der Waals surface area contributed by atoms with Crippen LogP contribution in [0.1, 0.15) is 47.0 Å². The van der Waals surface area contributed by atoms with E-state index in [1.165, 1.54) is 11.3 Å². The Morgan fingerprint density at radius 1 is 1.26 bits per heavy atom. The number of esters is 1. The number of carbonyl (C=O) groups is 3. The fraction of sp³-hybridized carbons (Fsp3) is 0.562. The van der Waals surface area contributed by atoms with Crippen LogP contribution in [0.4, 0.5) is 5.00 Å². The number of rotatable bonds is 5. The molecule has 1 aliphatic carbocycles. The van der Waals surface area contributed by atoms with Crippen molar-refractivity contribution in [2.24, 2.45) is 0 Å². The number of hydrogen-bond donors (Lipinski definition) is 1. The molecule has 1 aliphatic heterocycles. The van der Waals surface area contributed by atoms with Gasteiger partial charge in [0.25, 0.3) is 0 Å². The maximum atomic E-state index is 12.2. The number of carbonyl (C=O) groups excluding carboxylic acids is 3. The molecule has 23 heavy (non-hydrogen) atoms. The highest BCUT2D eigenvalue weighted by Crippen LogP contribution is 2.39. The summed E-state index contributed by atoms with van der Waals surface area (Å²) in [5.74, 6) is -0.621. The lowest BCUT2D eigenvalue weighted by molar-refractivity contribution is -0.131. The van der Waals surface area contributed by atoms with Crippen molar-refractivity contribution < 1.29 is 19.1 Å². The summed E-state index contributed by atoms with van der Waals surface area (Å²) in [4.78, 5) is 38.8. The van der Waals surface area contributed by atoms with E-state index >= 15 is 0 Å². The minimum Gasteiger partial charge on any atom is -0.462 e. The Kier molecular flexibility index (Phi) is 4.66. The van der Waals surface area contributed by atoms with Gasteiger partial charge in [-0.3, -0.25) is 9.59 Å². The van der Waals surface area contributed by atoms with Crippen molar-refractivity contribution in [1.29, 1.82) is 0 Å². The van der Waals surface area contributed by atoms with Gasteiger partial charge in [-0.2, -0.15) is 0 Å². The maximum absolute atomic E-state index is 12.2. The second-order valence-electron chi connectivity index (χ2n) is 5.75. The van der Waals surface area contributed by atoms with Crippen LogP contribution < -0.4 is 5.32 Å². The molecule has 1 saturated heterocycles. The van der Waals surface area contributed by atoms with E-state index in [4.69, 9.17) is 4.74 Å². The van der Waals surface area contributed by atoms with Crippen molar-refractivity contribution in [3.8, 4) is 0 Å². The third-order valence-electron chi connectivity index (χ3n) is 4.16. The summed E-state index contributed by atoms with van der Waals surface area (Å²) in [5, 5.41) is 3.37. The number of ether oxygens (including phenoxy) is 1. The van der Waals surface area contributed by atoms with Crippen molar-refractivity contribution in [2.75, 3.05) is 25.0 Å². The van der Waals surface area contributed by atoms with Crippen LogP contribution in [0.15, 0.2) is 0 Å². The zero-order valence-corrected chi connectivity index (χ0v) is 14.0. The Morgan fingerprint density at radius 2 is 2.09 bits per heavy atom. The number of thiophene rings is 1. The first-order chi connectivity index (χ1) is 11.1. The van der Waals surface area contributed by atoms with E-state index in [-0.39, 0.29) is 24.3 Å². The molecule has 0 radical (unpaired) electrons. The summed E-state index contributed by atoms with van der Waals surface area (Å²) in [5.41, 5.74) is 1.52. The van der Waals surface area contributed by atoms with Gasteiger partial charge in [0.15, 0.2) is 0 Å². The van der Waals surface area contributed by atoms with E-state index in [0.717, 1.165) is 36.1 Å². The van der Waals surface area contributed by atoms with Gasteiger partial charge in [0.05, 0.1) is 18.7 Å². The molecule has 0 unspecified atom stereocenters. The minimum absolute atomic E-state index is 0.0134. The number of anilines is 1. The average Bonchev–Trinajstić information content (AvgIpc) is 3.16. The van der Waals surface area contributed by atoms with E-state index in [1.807, 2.05) is 0 Å². The molecule has 7 heteroatoms. The molecule has 3 rings (SSSR count). The smallest absolute Gasteiger partial charge is 0.341 e. The molecule has 0 atom stereocenters. The van der Waals surface area contributed by atoms with Gasteiger partial charge in [0, 0.05) is 17.8 Å². The van der Waals surface area contributed by atoms with Crippen LogP contribution in [-0.2, 0) is 27.2 Å². The highest BCUT2D eigenvalue weighted by Gasteiger charge is 2.29. The second kappa shape index (κ2) is 6.70. The van der Waals surface area contributed by atoms with Crippen molar-refractivity contribution in [1.82, 2.24) is 4.90 Å². The highest BCUT2D eigenvalue weighted by atomic mass is 32.1. The summed E-state index contributed by atoms with van der Waals surface area (Å²) < 4.78 is 5.14. The van der Waals surface area contributed by atoms with Crippen LogP contribution in [-0.4, -0.2) is 42.4 Å². The van der Waals surface area contributed by atoms with Crippen LogP contribution in [0.3, 0.4) is 0 Å². The first-order valence-electron chi connectivity index (χ1n) is 7.99. The standard InChI is InChI=1S/C16H20N2O4S/c1-2-22-16(21)14-10-5-3-6-11(10)23-15(14)17-12(19)9-18-8-4-7-13(18)20/h2-9H2,1H3,(H,17,19). The number of aryl methyl sites for hydroxylation is 1. The molecule has 0 spiro atoms. The van der Waals surface area contributed by atoms with Gasteiger partial charge in [-0.05, 0) is 38.2 Å². The first kappa shape index (κ1) is 16.0. The van der Waals surface area contributed by atoms with Crippen LogP contribution in [0, 0.1) is 0 Å². The number of nitrogens with zero attached hydrogens (tertiary/aromatic N) is 1. The molecule has 1 aromatic heterocycles. The number of fused-ring (bicyclic) bond motifs is 1.